The van der Waals surface area contributed by atoms with Crippen LogP contribution in [-0.2, 0) is 18.3 Å². The molecule has 3 aromatic rings. The van der Waals surface area contributed by atoms with E-state index in [-0.39, 0.29) is 5.41 Å². The fourth-order valence-corrected chi connectivity index (χ4v) is 4.63. The molecule has 3 fully saturated rings. The van der Waals surface area contributed by atoms with E-state index in [0.29, 0.717) is 12.2 Å². The van der Waals surface area contributed by atoms with Crippen molar-refractivity contribution in [3.05, 3.63) is 48.5 Å². The maximum Gasteiger partial charge on any atom is 0.145 e. The fraction of sp³-hybridized carbons (Fsp3) is 0.409. The van der Waals surface area contributed by atoms with Crippen LogP contribution in [0.4, 0.5) is 0 Å². The van der Waals surface area contributed by atoms with Gasteiger partial charge in [-0.05, 0) is 62.0 Å². The Morgan fingerprint density at radius 3 is 2.52 bits per heavy atom. The van der Waals surface area contributed by atoms with Crippen LogP contribution >= 0.6 is 0 Å². The third kappa shape index (κ3) is 2.96. The van der Waals surface area contributed by atoms with E-state index in [2.05, 4.69) is 39.2 Å². The van der Waals surface area contributed by atoms with Crippen molar-refractivity contribution in [2.24, 2.45) is 12.5 Å². The van der Waals surface area contributed by atoms with E-state index in [1.54, 1.807) is 0 Å². The maximum atomic E-state index is 13.1. The number of pyridine rings is 1. The second-order valence-corrected chi connectivity index (χ2v) is 8.11. The Hall–Kier alpha value is -2.53. The lowest BCUT2D eigenvalue weighted by atomic mass is 9.68. The molecule has 3 aliphatic rings. The summed E-state index contributed by atoms with van der Waals surface area (Å²) in [6.45, 7) is 3.22. The van der Waals surface area contributed by atoms with Crippen LogP contribution in [0.25, 0.3) is 21.9 Å². The van der Waals surface area contributed by atoms with Crippen molar-refractivity contribution in [2.75, 3.05) is 19.6 Å². The van der Waals surface area contributed by atoms with Crippen molar-refractivity contribution in [1.82, 2.24) is 19.7 Å². The van der Waals surface area contributed by atoms with E-state index in [1.165, 1.54) is 0 Å². The summed E-state index contributed by atoms with van der Waals surface area (Å²) in [6.07, 6.45) is 9.29. The molecule has 2 aromatic heterocycles. The summed E-state index contributed by atoms with van der Waals surface area (Å²) in [5.74, 6) is 0.386. The van der Waals surface area contributed by atoms with Crippen LogP contribution in [0.2, 0.25) is 0 Å². The zero-order valence-corrected chi connectivity index (χ0v) is 15.7. The number of nitrogens with zero attached hydrogens (tertiary/aromatic N) is 4. The molecule has 0 amide bonds. The Morgan fingerprint density at radius 2 is 1.81 bits per heavy atom. The summed E-state index contributed by atoms with van der Waals surface area (Å²) in [6, 6.07) is 8.44. The lowest BCUT2D eigenvalue weighted by Crippen LogP contribution is -2.52. The molecule has 1 aromatic carbocycles. The minimum Gasteiger partial charge on any atom is -0.303 e. The summed E-state index contributed by atoms with van der Waals surface area (Å²) < 4.78 is 1.81. The van der Waals surface area contributed by atoms with Gasteiger partial charge in [-0.1, -0.05) is 12.1 Å². The van der Waals surface area contributed by atoms with Gasteiger partial charge in [0.2, 0.25) is 0 Å². The molecule has 0 radical (unpaired) electrons. The number of piperidine rings is 3. The average Bonchev–Trinajstić information content (AvgIpc) is 3.15. The van der Waals surface area contributed by atoms with Crippen LogP contribution in [0.1, 0.15) is 25.0 Å². The molecule has 0 atom stereocenters. The Balaban J connectivity index is 1.42. The van der Waals surface area contributed by atoms with Gasteiger partial charge in [-0.25, -0.2) is 0 Å². The molecule has 138 valence electrons. The Morgan fingerprint density at radius 1 is 1.04 bits per heavy atom. The third-order valence-corrected chi connectivity index (χ3v) is 6.47. The molecule has 27 heavy (non-hydrogen) atoms. The van der Waals surface area contributed by atoms with Gasteiger partial charge in [-0.15, -0.1) is 0 Å². The number of aryl methyl sites for hydroxylation is 1. The molecule has 0 N–H and O–H groups in total. The highest BCUT2D eigenvalue weighted by Crippen LogP contribution is 2.41. The molecule has 0 unspecified atom stereocenters. The van der Waals surface area contributed by atoms with E-state index < -0.39 is 0 Å². The summed E-state index contributed by atoms with van der Waals surface area (Å²) in [5.41, 5.74) is 3.03. The first-order chi connectivity index (χ1) is 13.1. The number of aromatic nitrogens is 3. The standard InChI is InChI=1S/C22H24N4O/c1-25-15-19(14-24-25)16-2-3-17-13-23-20(11-18(17)10-16)12-21(27)22-4-7-26(8-5-22)9-6-22/h2-3,10-11,13-15H,4-9,12H2,1H3. The smallest absolute Gasteiger partial charge is 0.145 e. The van der Waals surface area contributed by atoms with Crippen LogP contribution in [0.3, 0.4) is 0 Å². The zero-order chi connectivity index (χ0) is 18.4. The molecule has 5 heteroatoms. The first-order valence-electron chi connectivity index (χ1n) is 9.75. The van der Waals surface area contributed by atoms with Gasteiger partial charge in [-0.3, -0.25) is 14.5 Å². The van der Waals surface area contributed by atoms with Gasteiger partial charge in [0.05, 0.1) is 6.20 Å². The molecule has 5 heterocycles. The van der Waals surface area contributed by atoms with Crippen molar-refractivity contribution in [3.8, 4) is 11.1 Å². The molecule has 0 spiro atoms. The number of fused-ring (bicyclic) bond motifs is 4. The van der Waals surface area contributed by atoms with Crippen LogP contribution in [0, 0.1) is 5.41 Å². The number of carbonyl (C=O) groups is 1. The number of hydrogen-bond donors (Lipinski definition) is 0. The monoisotopic (exact) mass is 360 g/mol. The Labute approximate surface area is 159 Å². The van der Waals surface area contributed by atoms with Gasteiger partial charge in [0, 0.05) is 47.9 Å². The first kappa shape index (κ1) is 16.6. The van der Waals surface area contributed by atoms with Crippen molar-refractivity contribution >= 4 is 16.6 Å². The van der Waals surface area contributed by atoms with Crippen LogP contribution in [0.5, 0.6) is 0 Å². The largest absolute Gasteiger partial charge is 0.303 e. The number of rotatable bonds is 4. The highest BCUT2D eigenvalue weighted by atomic mass is 16.1. The van der Waals surface area contributed by atoms with Gasteiger partial charge in [0.1, 0.15) is 5.78 Å². The topological polar surface area (TPSA) is 51.0 Å². The molecular formula is C22H24N4O. The molecular weight excluding hydrogens is 336 g/mol. The molecule has 3 aliphatic heterocycles. The van der Waals surface area contributed by atoms with Gasteiger partial charge in [-0.2, -0.15) is 5.10 Å². The second kappa shape index (κ2) is 6.27. The molecule has 2 bridgehead atoms. The van der Waals surface area contributed by atoms with Gasteiger partial charge in [0.15, 0.2) is 0 Å². The minimum absolute atomic E-state index is 0.0943. The third-order valence-electron chi connectivity index (χ3n) is 6.47. The van der Waals surface area contributed by atoms with Gasteiger partial charge < -0.3 is 4.90 Å². The second-order valence-electron chi connectivity index (χ2n) is 8.11. The number of hydrogen-bond acceptors (Lipinski definition) is 4. The molecule has 6 rings (SSSR count). The van der Waals surface area contributed by atoms with Crippen molar-refractivity contribution in [1.29, 1.82) is 0 Å². The highest BCUT2D eigenvalue weighted by molar-refractivity contribution is 5.90. The van der Waals surface area contributed by atoms with Crippen LogP contribution < -0.4 is 0 Å². The normalized spacial score (nSPS) is 24.4. The number of carbonyl (C=O) groups excluding carboxylic acids is 1. The van der Waals surface area contributed by atoms with E-state index in [4.69, 9.17) is 0 Å². The van der Waals surface area contributed by atoms with E-state index >= 15 is 0 Å². The van der Waals surface area contributed by atoms with Crippen molar-refractivity contribution < 1.29 is 4.79 Å². The van der Waals surface area contributed by atoms with Crippen molar-refractivity contribution in [3.63, 3.8) is 0 Å². The fourth-order valence-electron chi connectivity index (χ4n) is 4.63. The highest BCUT2D eigenvalue weighted by Gasteiger charge is 2.44. The average molecular weight is 360 g/mol. The molecule has 3 saturated heterocycles. The maximum absolute atomic E-state index is 13.1. The van der Waals surface area contributed by atoms with Crippen LogP contribution in [0.15, 0.2) is 42.9 Å². The lowest BCUT2D eigenvalue weighted by Gasteiger charge is -2.47. The van der Waals surface area contributed by atoms with Gasteiger partial charge >= 0.3 is 0 Å². The van der Waals surface area contributed by atoms with E-state index in [9.17, 15) is 4.79 Å². The zero-order valence-electron chi connectivity index (χ0n) is 15.7. The summed E-state index contributed by atoms with van der Waals surface area (Å²) in [5, 5.41) is 6.49. The SMILES string of the molecule is Cn1cc(-c2ccc3cnc(CC(=O)C45CCN(CC4)CC5)cc3c2)cn1. The molecule has 5 nitrogen and oxygen atoms in total. The molecule has 0 aliphatic carbocycles. The van der Waals surface area contributed by atoms with Crippen LogP contribution in [-0.4, -0.2) is 45.1 Å². The van der Waals surface area contributed by atoms with Gasteiger partial charge in [0.25, 0.3) is 0 Å². The van der Waals surface area contributed by atoms with E-state index in [0.717, 1.165) is 66.5 Å². The molecule has 0 saturated carbocycles. The summed E-state index contributed by atoms with van der Waals surface area (Å²) in [7, 11) is 1.92. The summed E-state index contributed by atoms with van der Waals surface area (Å²) in [4.78, 5) is 20.2. The number of Topliss-reactive ketones (excluding diaryl/α,β-unsaturated/α-hetero) is 1. The number of benzene rings is 1. The van der Waals surface area contributed by atoms with Crippen molar-refractivity contribution in [2.45, 2.75) is 25.7 Å². The predicted octanol–water partition coefficient (Wildman–Crippen LogP) is 3.23. The minimum atomic E-state index is -0.0943. The Bertz CT molecular complexity index is 1000. The van der Waals surface area contributed by atoms with E-state index in [1.807, 2.05) is 30.3 Å². The lowest BCUT2D eigenvalue weighted by molar-refractivity contribution is -0.135. The number of ketones is 1. The summed E-state index contributed by atoms with van der Waals surface area (Å²) >= 11 is 0. The predicted molar refractivity (Wildman–Crippen MR) is 105 cm³/mol. The first-order valence-corrected chi connectivity index (χ1v) is 9.75. The quantitative estimate of drug-likeness (QED) is 0.717. The Kier molecular flexibility index (Phi) is 3.86.